The average Bonchev–Trinajstić information content (AvgIpc) is 2.06. The van der Waals surface area contributed by atoms with Gasteiger partial charge in [0, 0.05) is 18.8 Å². The van der Waals surface area contributed by atoms with Gasteiger partial charge in [0.15, 0.2) is 5.60 Å². The van der Waals surface area contributed by atoms with Gasteiger partial charge in [0.1, 0.15) is 6.54 Å². The zero-order valence-electron chi connectivity index (χ0n) is 6.64. The summed E-state index contributed by atoms with van der Waals surface area (Å²) in [6.45, 7) is 3.18. The van der Waals surface area contributed by atoms with Crippen molar-refractivity contribution in [1.29, 1.82) is 0 Å². The van der Waals surface area contributed by atoms with E-state index in [1.54, 1.807) is 0 Å². The van der Waals surface area contributed by atoms with Crippen LogP contribution in [0.5, 0.6) is 0 Å². The second kappa shape index (κ2) is 2.23. The number of quaternary nitrogens is 1. The van der Waals surface area contributed by atoms with Crippen molar-refractivity contribution in [3.63, 3.8) is 0 Å². The Bertz CT molecular complexity index is 200. The van der Waals surface area contributed by atoms with E-state index < -0.39 is 5.60 Å². The van der Waals surface area contributed by atoms with Crippen molar-refractivity contribution in [2.45, 2.75) is 18.4 Å². The highest BCUT2D eigenvalue weighted by Gasteiger charge is 2.47. The Labute approximate surface area is 67.2 Å². The SMILES string of the molecule is C#C[C@@]1(O)C[NH+]2CCC1CC2. The highest BCUT2D eigenvalue weighted by molar-refractivity contribution is 5.12. The van der Waals surface area contributed by atoms with E-state index in [2.05, 4.69) is 5.92 Å². The monoisotopic (exact) mass is 152 g/mol. The quantitative estimate of drug-likeness (QED) is 0.413. The molecule has 0 radical (unpaired) electrons. The topological polar surface area (TPSA) is 24.7 Å². The molecule has 0 spiro atoms. The van der Waals surface area contributed by atoms with Crippen molar-refractivity contribution in [2.24, 2.45) is 5.92 Å². The minimum atomic E-state index is -0.772. The summed E-state index contributed by atoms with van der Waals surface area (Å²) in [4.78, 5) is 1.48. The minimum Gasteiger partial charge on any atom is -0.372 e. The second-order valence-corrected chi connectivity index (χ2v) is 3.77. The standard InChI is InChI=1S/C9H13NO/c1-2-9(11)7-10-5-3-8(9)4-6-10/h1,8,11H,3-7H2/p+1/t9-/m1/s1. The van der Waals surface area contributed by atoms with Crippen LogP contribution >= 0.6 is 0 Å². The number of terminal acetylenes is 1. The molecular weight excluding hydrogens is 138 g/mol. The maximum Gasteiger partial charge on any atom is 0.177 e. The average molecular weight is 152 g/mol. The van der Waals surface area contributed by atoms with E-state index in [4.69, 9.17) is 6.42 Å². The third kappa shape index (κ3) is 0.962. The minimum absolute atomic E-state index is 0.380. The van der Waals surface area contributed by atoms with Crippen LogP contribution in [-0.2, 0) is 0 Å². The van der Waals surface area contributed by atoms with Crippen LogP contribution in [0, 0.1) is 18.3 Å². The first-order valence-electron chi connectivity index (χ1n) is 4.28. The summed E-state index contributed by atoms with van der Waals surface area (Å²) in [5, 5.41) is 9.91. The first kappa shape index (κ1) is 7.15. The molecule has 3 fully saturated rings. The second-order valence-electron chi connectivity index (χ2n) is 3.77. The fourth-order valence-electron chi connectivity index (χ4n) is 2.37. The number of piperidine rings is 3. The lowest BCUT2D eigenvalue weighted by Gasteiger charge is -2.44. The number of nitrogens with one attached hydrogen (secondary N) is 1. The molecule has 3 aliphatic heterocycles. The predicted molar refractivity (Wildman–Crippen MR) is 42.1 cm³/mol. The Morgan fingerprint density at radius 1 is 1.45 bits per heavy atom. The van der Waals surface area contributed by atoms with Gasteiger partial charge in [-0.2, -0.15) is 0 Å². The summed E-state index contributed by atoms with van der Waals surface area (Å²) in [5.74, 6) is 2.93. The molecule has 0 unspecified atom stereocenters. The molecule has 0 aromatic rings. The largest absolute Gasteiger partial charge is 0.372 e. The van der Waals surface area contributed by atoms with E-state index in [0.717, 1.165) is 19.4 Å². The van der Waals surface area contributed by atoms with Crippen LogP contribution in [0.25, 0.3) is 0 Å². The van der Waals surface area contributed by atoms with Crippen molar-refractivity contribution < 1.29 is 10.0 Å². The first-order valence-corrected chi connectivity index (χ1v) is 4.28. The van der Waals surface area contributed by atoms with Gasteiger partial charge in [0.2, 0.25) is 0 Å². The Kier molecular flexibility index (Phi) is 1.45. The highest BCUT2D eigenvalue weighted by Crippen LogP contribution is 2.26. The summed E-state index contributed by atoms with van der Waals surface area (Å²) in [6.07, 6.45) is 7.53. The normalized spacial score (nSPS) is 48.7. The number of aliphatic hydroxyl groups is 1. The van der Waals surface area contributed by atoms with E-state index in [-0.39, 0.29) is 0 Å². The third-order valence-corrected chi connectivity index (χ3v) is 3.14. The van der Waals surface area contributed by atoms with Crippen LogP contribution in [0.15, 0.2) is 0 Å². The van der Waals surface area contributed by atoms with Gasteiger partial charge in [-0.25, -0.2) is 0 Å². The fraction of sp³-hybridized carbons (Fsp3) is 0.778. The van der Waals surface area contributed by atoms with Crippen molar-refractivity contribution in [3.8, 4) is 12.3 Å². The molecule has 3 aliphatic rings. The maximum atomic E-state index is 9.91. The number of rotatable bonds is 0. The molecule has 2 heteroatoms. The summed E-state index contributed by atoms with van der Waals surface area (Å²) >= 11 is 0. The van der Waals surface area contributed by atoms with E-state index in [1.165, 1.54) is 18.0 Å². The molecule has 3 saturated heterocycles. The molecule has 3 rings (SSSR count). The highest BCUT2D eigenvalue weighted by atomic mass is 16.3. The molecule has 0 aromatic heterocycles. The van der Waals surface area contributed by atoms with Crippen LogP contribution in [0.4, 0.5) is 0 Å². The summed E-state index contributed by atoms with van der Waals surface area (Å²) in [7, 11) is 0. The fourth-order valence-corrected chi connectivity index (χ4v) is 2.37. The third-order valence-electron chi connectivity index (χ3n) is 3.14. The zero-order valence-corrected chi connectivity index (χ0v) is 6.64. The molecule has 3 heterocycles. The molecule has 2 nitrogen and oxygen atoms in total. The molecule has 0 aliphatic carbocycles. The van der Waals surface area contributed by atoms with Gasteiger partial charge in [-0.05, 0) is 0 Å². The Hall–Kier alpha value is -0.520. The molecule has 2 bridgehead atoms. The summed E-state index contributed by atoms with van der Waals surface area (Å²) in [5.41, 5.74) is -0.772. The number of hydrogen-bond acceptors (Lipinski definition) is 1. The van der Waals surface area contributed by atoms with Crippen LogP contribution in [0.3, 0.4) is 0 Å². The lowest BCUT2D eigenvalue weighted by molar-refractivity contribution is -0.923. The van der Waals surface area contributed by atoms with E-state index >= 15 is 0 Å². The van der Waals surface area contributed by atoms with Crippen molar-refractivity contribution >= 4 is 0 Å². The van der Waals surface area contributed by atoms with Gasteiger partial charge < -0.3 is 10.0 Å². The molecular formula is C9H14NO+. The lowest BCUT2D eigenvalue weighted by Crippen LogP contribution is -3.17. The van der Waals surface area contributed by atoms with Crippen LogP contribution < -0.4 is 4.90 Å². The Morgan fingerprint density at radius 3 is 2.36 bits per heavy atom. The summed E-state index contributed by atoms with van der Waals surface area (Å²) in [6, 6.07) is 0. The molecule has 60 valence electrons. The summed E-state index contributed by atoms with van der Waals surface area (Å²) < 4.78 is 0. The zero-order chi connectivity index (χ0) is 7.90. The molecule has 0 saturated carbocycles. The molecule has 0 aromatic carbocycles. The van der Waals surface area contributed by atoms with Crippen LogP contribution in [0.1, 0.15) is 12.8 Å². The van der Waals surface area contributed by atoms with E-state index in [9.17, 15) is 5.11 Å². The van der Waals surface area contributed by atoms with Gasteiger partial charge in [-0.15, -0.1) is 6.42 Å². The van der Waals surface area contributed by atoms with Gasteiger partial charge in [0.25, 0.3) is 0 Å². The predicted octanol–water partition coefficient (Wildman–Crippen LogP) is -1.34. The lowest BCUT2D eigenvalue weighted by atomic mass is 9.76. The van der Waals surface area contributed by atoms with Crippen molar-refractivity contribution in [2.75, 3.05) is 19.6 Å². The Morgan fingerprint density at radius 2 is 2.09 bits per heavy atom. The molecule has 2 N–H and O–H groups in total. The van der Waals surface area contributed by atoms with Gasteiger partial charge in [-0.1, -0.05) is 5.92 Å². The first-order chi connectivity index (χ1) is 5.24. The van der Waals surface area contributed by atoms with Gasteiger partial charge in [0.05, 0.1) is 13.1 Å². The number of hydrogen-bond donors (Lipinski definition) is 2. The van der Waals surface area contributed by atoms with E-state index in [1.807, 2.05) is 0 Å². The van der Waals surface area contributed by atoms with Crippen molar-refractivity contribution in [1.82, 2.24) is 0 Å². The number of fused-ring (bicyclic) bond motifs is 3. The molecule has 0 amide bonds. The van der Waals surface area contributed by atoms with Crippen molar-refractivity contribution in [3.05, 3.63) is 0 Å². The van der Waals surface area contributed by atoms with Gasteiger partial charge >= 0.3 is 0 Å². The van der Waals surface area contributed by atoms with Crippen LogP contribution in [-0.4, -0.2) is 30.3 Å². The Balaban J connectivity index is 2.21. The van der Waals surface area contributed by atoms with Crippen LogP contribution in [0.2, 0.25) is 0 Å². The smallest absolute Gasteiger partial charge is 0.177 e. The van der Waals surface area contributed by atoms with Gasteiger partial charge in [-0.3, -0.25) is 0 Å². The molecule has 11 heavy (non-hydrogen) atoms. The van der Waals surface area contributed by atoms with E-state index in [0.29, 0.717) is 5.92 Å². The maximum absolute atomic E-state index is 9.91. The molecule has 1 atom stereocenters.